The SMILES string of the molecule is Cc1cc(NC(=O)N2CCCC(C)C2CO)ccc1OC(C)C. The van der Waals surface area contributed by atoms with Gasteiger partial charge in [-0.1, -0.05) is 6.92 Å². The van der Waals surface area contributed by atoms with Gasteiger partial charge < -0.3 is 20.1 Å². The molecule has 2 N–H and O–H groups in total. The molecular formula is C18H28N2O3. The molecule has 0 aromatic heterocycles. The first-order valence-electron chi connectivity index (χ1n) is 8.38. The highest BCUT2D eigenvalue weighted by Gasteiger charge is 2.31. The highest BCUT2D eigenvalue weighted by atomic mass is 16.5. The van der Waals surface area contributed by atoms with Gasteiger partial charge in [0, 0.05) is 12.2 Å². The van der Waals surface area contributed by atoms with Crippen molar-refractivity contribution in [2.45, 2.75) is 52.7 Å². The number of piperidine rings is 1. The van der Waals surface area contributed by atoms with Crippen LogP contribution in [0.2, 0.25) is 0 Å². The Labute approximate surface area is 138 Å². The number of urea groups is 1. The predicted octanol–water partition coefficient (Wildman–Crippen LogP) is 3.41. The Bertz CT molecular complexity index is 545. The molecule has 0 bridgehead atoms. The number of anilines is 1. The van der Waals surface area contributed by atoms with Gasteiger partial charge in [-0.3, -0.25) is 0 Å². The number of aliphatic hydroxyl groups excluding tert-OH is 1. The third-order valence-electron chi connectivity index (χ3n) is 4.35. The molecule has 1 fully saturated rings. The molecule has 1 aliphatic rings. The van der Waals surface area contributed by atoms with Crippen LogP contribution in [0.15, 0.2) is 18.2 Å². The van der Waals surface area contributed by atoms with E-state index in [2.05, 4.69) is 12.2 Å². The lowest BCUT2D eigenvalue weighted by Gasteiger charge is -2.38. The van der Waals surface area contributed by atoms with Crippen LogP contribution in [0.1, 0.15) is 39.2 Å². The molecule has 0 radical (unpaired) electrons. The average Bonchev–Trinajstić information content (AvgIpc) is 2.49. The van der Waals surface area contributed by atoms with Crippen molar-refractivity contribution < 1.29 is 14.6 Å². The quantitative estimate of drug-likeness (QED) is 0.893. The van der Waals surface area contributed by atoms with Crippen molar-refractivity contribution in [3.63, 3.8) is 0 Å². The maximum Gasteiger partial charge on any atom is 0.322 e. The molecule has 2 atom stereocenters. The maximum absolute atomic E-state index is 12.5. The topological polar surface area (TPSA) is 61.8 Å². The van der Waals surface area contributed by atoms with Crippen LogP contribution >= 0.6 is 0 Å². The van der Waals surface area contributed by atoms with Crippen LogP contribution in [0.25, 0.3) is 0 Å². The van der Waals surface area contributed by atoms with Crippen molar-refractivity contribution >= 4 is 11.7 Å². The van der Waals surface area contributed by atoms with Gasteiger partial charge in [-0.05, 0) is 63.3 Å². The van der Waals surface area contributed by atoms with Crippen molar-refractivity contribution in [2.24, 2.45) is 5.92 Å². The summed E-state index contributed by atoms with van der Waals surface area (Å²) >= 11 is 0. The zero-order valence-corrected chi connectivity index (χ0v) is 14.5. The summed E-state index contributed by atoms with van der Waals surface area (Å²) in [6, 6.07) is 5.40. The number of hydrogen-bond acceptors (Lipinski definition) is 3. The van der Waals surface area contributed by atoms with E-state index in [1.54, 1.807) is 4.90 Å². The number of likely N-dealkylation sites (tertiary alicyclic amines) is 1. The third kappa shape index (κ3) is 4.38. The average molecular weight is 320 g/mol. The van der Waals surface area contributed by atoms with Gasteiger partial charge in [0.25, 0.3) is 0 Å². The second-order valence-electron chi connectivity index (χ2n) is 6.64. The molecular weight excluding hydrogens is 292 g/mol. The molecule has 2 rings (SSSR count). The Morgan fingerprint density at radius 3 is 2.83 bits per heavy atom. The minimum atomic E-state index is -0.146. The van der Waals surface area contributed by atoms with E-state index in [1.165, 1.54) is 0 Å². The Hall–Kier alpha value is -1.75. The minimum absolute atomic E-state index is 0.00871. The van der Waals surface area contributed by atoms with Crippen molar-refractivity contribution in [1.29, 1.82) is 0 Å². The van der Waals surface area contributed by atoms with Gasteiger partial charge in [-0.25, -0.2) is 4.79 Å². The van der Waals surface area contributed by atoms with E-state index in [-0.39, 0.29) is 24.8 Å². The lowest BCUT2D eigenvalue weighted by Crippen LogP contribution is -2.51. The molecule has 2 unspecified atom stereocenters. The van der Waals surface area contributed by atoms with Crippen LogP contribution in [0, 0.1) is 12.8 Å². The van der Waals surface area contributed by atoms with Gasteiger partial charge in [0.1, 0.15) is 5.75 Å². The molecule has 2 amide bonds. The summed E-state index contributed by atoms with van der Waals surface area (Å²) in [5.74, 6) is 1.15. The van der Waals surface area contributed by atoms with Gasteiger partial charge in [0.05, 0.1) is 18.8 Å². The lowest BCUT2D eigenvalue weighted by atomic mass is 9.91. The summed E-state index contributed by atoms with van der Waals surface area (Å²) in [7, 11) is 0. The Morgan fingerprint density at radius 1 is 1.48 bits per heavy atom. The standard InChI is InChI=1S/C18H28N2O3/c1-12(2)23-17-8-7-15(10-14(17)4)19-18(22)20-9-5-6-13(3)16(20)11-21/h7-8,10,12-13,16,21H,5-6,9,11H2,1-4H3,(H,19,22). The van der Waals surface area contributed by atoms with E-state index in [0.717, 1.165) is 29.8 Å². The fourth-order valence-corrected chi connectivity index (χ4v) is 3.09. The molecule has 5 nitrogen and oxygen atoms in total. The number of ether oxygens (including phenoxy) is 1. The van der Waals surface area contributed by atoms with Crippen LogP contribution in [0.3, 0.4) is 0 Å². The van der Waals surface area contributed by atoms with E-state index in [0.29, 0.717) is 12.5 Å². The predicted molar refractivity (Wildman–Crippen MR) is 91.9 cm³/mol. The summed E-state index contributed by atoms with van der Waals surface area (Å²) in [5.41, 5.74) is 1.74. The number of rotatable bonds is 4. The summed E-state index contributed by atoms with van der Waals surface area (Å²) < 4.78 is 5.71. The number of amides is 2. The van der Waals surface area contributed by atoms with E-state index in [1.807, 2.05) is 39.0 Å². The smallest absolute Gasteiger partial charge is 0.322 e. The monoisotopic (exact) mass is 320 g/mol. The van der Waals surface area contributed by atoms with Crippen molar-refractivity contribution in [3.05, 3.63) is 23.8 Å². The first-order valence-corrected chi connectivity index (χ1v) is 8.38. The summed E-state index contributed by atoms with van der Waals surface area (Å²) in [4.78, 5) is 14.3. The molecule has 1 heterocycles. The van der Waals surface area contributed by atoms with Gasteiger partial charge >= 0.3 is 6.03 Å². The molecule has 0 aliphatic carbocycles. The van der Waals surface area contributed by atoms with Gasteiger partial charge in [0.2, 0.25) is 0 Å². The fraction of sp³-hybridized carbons (Fsp3) is 0.611. The number of hydrogen-bond donors (Lipinski definition) is 2. The van der Waals surface area contributed by atoms with E-state index >= 15 is 0 Å². The van der Waals surface area contributed by atoms with Crippen molar-refractivity contribution in [3.8, 4) is 5.75 Å². The summed E-state index contributed by atoms with van der Waals surface area (Å²) in [6.45, 7) is 8.72. The first-order chi connectivity index (χ1) is 10.9. The number of nitrogens with one attached hydrogen (secondary N) is 1. The molecule has 1 saturated heterocycles. The minimum Gasteiger partial charge on any atom is -0.491 e. The number of carbonyl (C=O) groups excluding carboxylic acids is 1. The molecule has 1 aromatic carbocycles. The number of nitrogens with zero attached hydrogens (tertiary/aromatic N) is 1. The largest absolute Gasteiger partial charge is 0.491 e. The Balaban J connectivity index is 2.06. The lowest BCUT2D eigenvalue weighted by molar-refractivity contribution is 0.0811. The summed E-state index contributed by atoms with van der Waals surface area (Å²) in [6.07, 6.45) is 2.15. The molecule has 128 valence electrons. The van der Waals surface area contributed by atoms with Crippen LogP contribution in [0.4, 0.5) is 10.5 Å². The highest BCUT2D eigenvalue weighted by Crippen LogP contribution is 2.26. The fourth-order valence-electron chi connectivity index (χ4n) is 3.09. The van der Waals surface area contributed by atoms with Crippen molar-refractivity contribution in [2.75, 3.05) is 18.5 Å². The number of aliphatic hydroxyl groups is 1. The summed E-state index contributed by atoms with van der Waals surface area (Å²) in [5, 5.41) is 12.5. The van der Waals surface area contributed by atoms with Crippen LogP contribution in [-0.2, 0) is 0 Å². The van der Waals surface area contributed by atoms with E-state index in [9.17, 15) is 9.90 Å². The number of benzene rings is 1. The zero-order valence-electron chi connectivity index (χ0n) is 14.5. The Morgan fingerprint density at radius 2 is 2.22 bits per heavy atom. The zero-order chi connectivity index (χ0) is 17.0. The number of carbonyl (C=O) groups is 1. The van der Waals surface area contributed by atoms with E-state index < -0.39 is 0 Å². The van der Waals surface area contributed by atoms with Crippen LogP contribution in [0.5, 0.6) is 5.75 Å². The molecule has 0 saturated carbocycles. The normalized spacial score (nSPS) is 21.4. The number of aryl methyl sites for hydroxylation is 1. The highest BCUT2D eigenvalue weighted by molar-refractivity contribution is 5.89. The third-order valence-corrected chi connectivity index (χ3v) is 4.35. The van der Waals surface area contributed by atoms with Gasteiger partial charge in [-0.15, -0.1) is 0 Å². The first kappa shape index (κ1) is 17.6. The van der Waals surface area contributed by atoms with Crippen molar-refractivity contribution in [1.82, 2.24) is 4.90 Å². The molecule has 1 aromatic rings. The van der Waals surface area contributed by atoms with E-state index in [4.69, 9.17) is 4.74 Å². The molecule has 23 heavy (non-hydrogen) atoms. The van der Waals surface area contributed by atoms with Crippen LogP contribution in [-0.4, -0.2) is 41.3 Å². The second kappa shape index (κ2) is 7.68. The maximum atomic E-state index is 12.5. The molecule has 5 heteroatoms. The van der Waals surface area contributed by atoms with Crippen LogP contribution < -0.4 is 10.1 Å². The molecule has 1 aliphatic heterocycles. The van der Waals surface area contributed by atoms with Gasteiger partial charge in [-0.2, -0.15) is 0 Å². The Kier molecular flexibility index (Phi) is 5.88. The van der Waals surface area contributed by atoms with Gasteiger partial charge in [0.15, 0.2) is 0 Å². The second-order valence-corrected chi connectivity index (χ2v) is 6.64. The molecule has 0 spiro atoms.